The van der Waals surface area contributed by atoms with Crippen LogP contribution in [0.1, 0.15) is 11.1 Å². The van der Waals surface area contributed by atoms with Crippen LogP contribution in [0.4, 0.5) is 0 Å². The van der Waals surface area contributed by atoms with Crippen LogP contribution in [0, 0.1) is 13.8 Å². The van der Waals surface area contributed by atoms with E-state index in [0.717, 1.165) is 11.1 Å². The number of nitrogens with zero attached hydrogens (tertiary/aromatic N) is 4. The first-order valence-electron chi connectivity index (χ1n) is 16.0. The smallest absolute Gasteiger partial charge is 0.153 e. The minimum absolute atomic E-state index is 0.0374. The third-order valence-corrected chi connectivity index (χ3v) is 7.90. The fourth-order valence-corrected chi connectivity index (χ4v) is 5.46. The fourth-order valence-electron chi connectivity index (χ4n) is 5.46. The van der Waals surface area contributed by atoms with Crippen LogP contribution in [-0.4, -0.2) is 30.1 Å². The Morgan fingerprint density at radius 3 is 0.880 bits per heavy atom. The van der Waals surface area contributed by atoms with Gasteiger partial charge in [0.25, 0.3) is 0 Å². The number of aromatic nitrogens is 4. The lowest BCUT2D eigenvalue weighted by molar-refractivity contribution is 0.486. The van der Waals surface area contributed by atoms with Crippen LogP contribution in [0.15, 0.2) is 155 Å². The molecule has 1 aromatic heterocycles. The molecule has 244 valence electrons. The van der Waals surface area contributed by atoms with Gasteiger partial charge in [-0.15, -0.1) is 0 Å². The molecular weight excluding hydrogens is 624 g/mol. The molecule has 0 unspecified atom stereocenters. The highest BCUT2D eigenvalue weighted by atomic mass is 16.3. The van der Waals surface area contributed by atoms with Crippen molar-refractivity contribution in [3.8, 4) is 11.5 Å². The molecule has 7 aromatic rings. The summed E-state index contributed by atoms with van der Waals surface area (Å²) in [5, 5.41) is 24.7. The Bertz CT molecular complexity index is 2370. The number of phenols is 2. The summed E-state index contributed by atoms with van der Waals surface area (Å²) < 4.78 is 12.7. The lowest BCUT2D eigenvalue weighted by Gasteiger charge is -2.01. The molecule has 6 aromatic carbocycles. The number of fused-ring (bicyclic) bond motifs is 8. The summed E-state index contributed by atoms with van der Waals surface area (Å²) in [6.07, 6.45) is 6.43. The first kappa shape index (κ1) is 31.8. The largest absolute Gasteiger partial charge is 0.507 e. The van der Waals surface area contributed by atoms with Crippen LogP contribution in [0.2, 0.25) is 0 Å². The predicted octanol–water partition coefficient (Wildman–Crippen LogP) is 10.5. The van der Waals surface area contributed by atoms with E-state index in [0.29, 0.717) is 65.9 Å². The number of hydrogen-bond acceptors (Lipinski definition) is 8. The topological polar surface area (TPSA) is 118 Å². The van der Waals surface area contributed by atoms with E-state index in [1.165, 1.54) is 0 Å². The number of aryl methyl sites for hydroxylation is 2. The van der Waals surface area contributed by atoms with Crippen molar-refractivity contribution in [2.24, 2.45) is 0 Å². The molecule has 7 rings (SSSR count). The normalized spacial score (nSPS) is 10.8. The van der Waals surface area contributed by atoms with Gasteiger partial charge in [-0.3, -0.25) is 19.9 Å². The van der Waals surface area contributed by atoms with Gasteiger partial charge in [0, 0.05) is 46.3 Å². The first-order chi connectivity index (χ1) is 24.4. The maximum Gasteiger partial charge on any atom is 0.153 e. The second kappa shape index (κ2) is 14.1. The van der Waals surface area contributed by atoms with Gasteiger partial charge >= 0.3 is 0 Å². The van der Waals surface area contributed by atoms with Gasteiger partial charge < -0.3 is 19.0 Å². The highest BCUT2D eigenvalue weighted by molar-refractivity contribution is 5.83. The van der Waals surface area contributed by atoms with Crippen LogP contribution in [0.3, 0.4) is 0 Å². The molecule has 0 aliphatic rings. The van der Waals surface area contributed by atoms with Crippen LogP contribution < -0.4 is 0 Å². The van der Waals surface area contributed by atoms with Gasteiger partial charge in [0.2, 0.25) is 0 Å². The van der Waals surface area contributed by atoms with Crippen molar-refractivity contribution >= 4 is 65.9 Å². The van der Waals surface area contributed by atoms with E-state index in [1.54, 1.807) is 24.8 Å². The van der Waals surface area contributed by atoms with E-state index in [9.17, 15) is 10.2 Å². The van der Waals surface area contributed by atoms with Gasteiger partial charge in [0.1, 0.15) is 33.6 Å². The molecule has 0 aliphatic heterocycles. The zero-order valence-corrected chi connectivity index (χ0v) is 27.4. The Labute approximate surface area is 286 Å². The number of aromatic hydroxyl groups is 2. The highest BCUT2D eigenvalue weighted by Crippen LogP contribution is 2.27. The summed E-state index contributed by atoms with van der Waals surface area (Å²) in [5.74, 6) is 0.0748. The van der Waals surface area contributed by atoms with E-state index in [2.05, 4.69) is 0 Å². The lowest BCUT2D eigenvalue weighted by Crippen LogP contribution is -1.80. The zero-order chi connectivity index (χ0) is 34.5. The van der Waals surface area contributed by atoms with Crippen molar-refractivity contribution in [3.63, 3.8) is 0 Å². The number of para-hydroxylation sites is 8. The maximum absolute atomic E-state index is 11.3. The molecule has 1 heterocycles. The van der Waals surface area contributed by atoms with Crippen LogP contribution in [-0.2, 0) is 0 Å². The van der Waals surface area contributed by atoms with Crippen LogP contribution in [0.5, 0.6) is 11.5 Å². The number of rotatable bonds is 0. The number of benzene rings is 6. The molecule has 0 amide bonds. The molecule has 0 saturated heterocycles. The maximum atomic E-state index is 11.3. The van der Waals surface area contributed by atoms with E-state index < -0.39 is 0 Å². The minimum Gasteiger partial charge on any atom is -0.507 e. The summed E-state index contributed by atoms with van der Waals surface area (Å²) in [6, 6.07) is 37.0. The molecule has 0 atom stereocenters. The molecule has 8 heteroatoms. The quantitative estimate of drug-likeness (QED) is 0.166. The second-order valence-electron chi connectivity index (χ2n) is 11.7. The molecule has 0 radical (unpaired) electrons. The second-order valence-corrected chi connectivity index (χ2v) is 11.7. The van der Waals surface area contributed by atoms with Crippen LogP contribution in [0.25, 0.3) is 65.9 Å². The van der Waals surface area contributed by atoms with Gasteiger partial charge in [-0.1, -0.05) is 48.5 Å². The monoisotopic (exact) mass is 656 g/mol. The summed E-state index contributed by atoms with van der Waals surface area (Å²) >= 11 is 0. The Morgan fingerprint density at radius 1 is 0.380 bits per heavy atom. The molecular formula is C42H32N4O4. The van der Waals surface area contributed by atoms with Gasteiger partial charge in [-0.25, -0.2) is 0 Å². The van der Waals surface area contributed by atoms with Gasteiger partial charge in [0.05, 0.1) is 0 Å². The lowest BCUT2D eigenvalue weighted by atomic mass is 10.1. The summed E-state index contributed by atoms with van der Waals surface area (Å²) in [6.45, 7) is 3.89. The number of hydrogen-bond donors (Lipinski definition) is 2. The molecule has 0 aliphatic carbocycles. The fraction of sp³-hybridized carbons (Fsp3) is 0.0476. The summed E-state index contributed by atoms with van der Waals surface area (Å²) in [5.41, 5.74) is 6.09. The average Bonchev–Trinajstić information content (AvgIpc) is 3.12. The molecule has 8 nitrogen and oxygen atoms in total. The van der Waals surface area contributed by atoms with Crippen molar-refractivity contribution in [3.05, 3.63) is 157 Å². The van der Waals surface area contributed by atoms with E-state index in [1.807, 2.05) is 135 Å². The van der Waals surface area contributed by atoms with Crippen molar-refractivity contribution in [2.45, 2.75) is 13.8 Å². The predicted molar refractivity (Wildman–Crippen MR) is 199 cm³/mol. The molecule has 50 heavy (non-hydrogen) atoms. The zero-order valence-electron chi connectivity index (χ0n) is 27.4. The van der Waals surface area contributed by atoms with Crippen molar-refractivity contribution in [1.82, 2.24) is 19.9 Å². The van der Waals surface area contributed by atoms with Crippen molar-refractivity contribution in [1.29, 1.82) is 0 Å². The van der Waals surface area contributed by atoms with E-state index in [4.69, 9.17) is 28.8 Å². The Hall–Kier alpha value is -6.80. The van der Waals surface area contributed by atoms with Crippen molar-refractivity contribution < 1.29 is 19.0 Å². The van der Waals surface area contributed by atoms with Gasteiger partial charge in [0.15, 0.2) is 22.3 Å². The SMILES string of the molecule is Cc1cc2cnc3ccccc3oc3ccccc3ncc3cc(C)cc(cnc4ccccc4oc4ccccc4ncc(c1)c2O)c3O. The third-order valence-electron chi connectivity index (χ3n) is 7.90. The van der Waals surface area contributed by atoms with Gasteiger partial charge in [-0.05, 0) is 97.8 Å². The van der Waals surface area contributed by atoms with Crippen LogP contribution >= 0.6 is 0 Å². The third kappa shape index (κ3) is 7.05. The Balaban J connectivity index is 1.62. The number of phenolic OH excluding ortho intramolecular Hbond substituents is 2. The molecule has 0 fully saturated rings. The average molecular weight is 657 g/mol. The summed E-state index contributed by atoms with van der Waals surface area (Å²) in [7, 11) is 0. The Kier molecular flexibility index (Phi) is 8.98. The van der Waals surface area contributed by atoms with E-state index in [-0.39, 0.29) is 11.5 Å². The minimum atomic E-state index is 0.0374. The standard InChI is InChI=1S/C42H32N4O4/c1-27-19-29-23-43-33-11-3-7-15-37(33)49-39-17-9-5-13-35(39)45-25-31-21-28(2)22-32(42(31)48)26-46-36-14-6-10-18-40(36)50-38-16-8-4-12-34(38)44-24-30(20-27)41(29)47/h3-26,47-48H,1-2H3. The molecule has 0 saturated carbocycles. The van der Waals surface area contributed by atoms with E-state index >= 15 is 0 Å². The van der Waals surface area contributed by atoms with Crippen molar-refractivity contribution in [2.75, 3.05) is 0 Å². The first-order valence-corrected chi connectivity index (χ1v) is 16.0. The van der Waals surface area contributed by atoms with Gasteiger partial charge in [-0.2, -0.15) is 0 Å². The molecule has 2 N–H and O–H groups in total. The summed E-state index contributed by atoms with van der Waals surface area (Å²) in [4.78, 5) is 18.8. The highest BCUT2D eigenvalue weighted by Gasteiger charge is 2.03. The Morgan fingerprint density at radius 2 is 0.620 bits per heavy atom. The molecule has 4 bridgehead atoms. The molecule has 0 spiro atoms.